The van der Waals surface area contributed by atoms with Crippen LogP contribution >= 0.6 is 27.7 Å². The van der Waals surface area contributed by atoms with Crippen LogP contribution in [0.4, 0.5) is 4.79 Å². The third-order valence-corrected chi connectivity index (χ3v) is 6.38. The molecule has 1 aliphatic rings. The summed E-state index contributed by atoms with van der Waals surface area (Å²) in [7, 11) is 0. The summed E-state index contributed by atoms with van der Waals surface area (Å²) in [6.45, 7) is 2.37. The topological polar surface area (TPSA) is 72.9 Å². The fraction of sp³-hybridized carbons (Fsp3) is 0.115. The molecule has 0 radical (unpaired) electrons. The number of rotatable bonds is 7. The van der Waals surface area contributed by atoms with Gasteiger partial charge in [-0.15, -0.1) is 0 Å². The van der Waals surface area contributed by atoms with Crippen molar-refractivity contribution in [2.45, 2.75) is 6.92 Å². The number of carbonyl (C=O) groups is 3. The summed E-state index contributed by atoms with van der Waals surface area (Å²) in [5.41, 5.74) is 2.27. The molecule has 1 fully saturated rings. The average Bonchev–Trinajstić information content (AvgIpc) is 3.09. The van der Waals surface area contributed by atoms with E-state index in [1.807, 2.05) is 31.2 Å². The van der Waals surface area contributed by atoms with Crippen LogP contribution in [0.1, 0.15) is 21.5 Å². The molecule has 1 saturated heterocycles. The van der Waals surface area contributed by atoms with Crippen molar-refractivity contribution in [3.05, 3.63) is 98.9 Å². The summed E-state index contributed by atoms with van der Waals surface area (Å²) in [5, 5.41) is -0.330. The Bertz CT molecular complexity index is 1240. The van der Waals surface area contributed by atoms with E-state index in [1.165, 1.54) is 4.90 Å². The third-order valence-electron chi connectivity index (χ3n) is 4.95. The fourth-order valence-electron chi connectivity index (χ4n) is 3.12. The van der Waals surface area contributed by atoms with Gasteiger partial charge in [-0.1, -0.05) is 45.8 Å². The maximum absolute atomic E-state index is 12.7. The average molecular weight is 538 g/mol. The first-order valence-electron chi connectivity index (χ1n) is 10.4. The van der Waals surface area contributed by atoms with Gasteiger partial charge in [0.25, 0.3) is 11.1 Å². The maximum atomic E-state index is 12.7. The van der Waals surface area contributed by atoms with Gasteiger partial charge in [-0.2, -0.15) is 0 Å². The van der Waals surface area contributed by atoms with Gasteiger partial charge in [0.2, 0.25) is 0 Å². The maximum Gasteiger partial charge on any atom is 0.343 e. The number of hydrogen-bond acceptors (Lipinski definition) is 6. The summed E-state index contributed by atoms with van der Waals surface area (Å²) < 4.78 is 11.9. The lowest BCUT2D eigenvalue weighted by Gasteiger charge is -2.13. The largest absolute Gasteiger partial charge is 0.492 e. The zero-order valence-electron chi connectivity index (χ0n) is 18.2. The van der Waals surface area contributed by atoms with Crippen LogP contribution in [0.5, 0.6) is 11.5 Å². The van der Waals surface area contributed by atoms with E-state index in [-0.39, 0.29) is 24.3 Å². The third kappa shape index (κ3) is 5.95. The second-order valence-corrected chi connectivity index (χ2v) is 9.37. The number of thioether (sulfide) groups is 1. The van der Waals surface area contributed by atoms with Crippen LogP contribution in [0.2, 0.25) is 0 Å². The molecular formula is C26H20BrNO5S. The Kier molecular flexibility index (Phi) is 7.49. The van der Waals surface area contributed by atoms with E-state index >= 15 is 0 Å². The Balaban J connectivity index is 1.34. The summed E-state index contributed by atoms with van der Waals surface area (Å²) in [6, 6.07) is 21.2. The van der Waals surface area contributed by atoms with Gasteiger partial charge in [-0.3, -0.25) is 14.5 Å². The molecule has 8 heteroatoms. The Hall–Kier alpha value is -3.36. The second-order valence-electron chi connectivity index (χ2n) is 7.46. The van der Waals surface area contributed by atoms with Crippen molar-refractivity contribution in [2.24, 2.45) is 0 Å². The minimum Gasteiger partial charge on any atom is -0.492 e. The molecule has 34 heavy (non-hydrogen) atoms. The molecule has 0 aliphatic carbocycles. The molecule has 0 spiro atoms. The SMILES string of the molecule is Cc1ccc(OCCN2C(=O)S/C(=C\c3ccc(OC(=O)c4ccc(Br)cc4)cc3)C2=O)cc1. The van der Waals surface area contributed by atoms with Crippen LogP contribution in [-0.4, -0.2) is 35.2 Å². The molecule has 0 unspecified atom stereocenters. The Morgan fingerprint density at radius 2 is 1.59 bits per heavy atom. The highest BCUT2D eigenvalue weighted by Gasteiger charge is 2.34. The molecule has 2 amide bonds. The number of esters is 1. The molecule has 0 atom stereocenters. The Morgan fingerprint density at radius 1 is 0.941 bits per heavy atom. The van der Waals surface area contributed by atoms with Crippen molar-refractivity contribution < 1.29 is 23.9 Å². The molecule has 0 aromatic heterocycles. The second kappa shape index (κ2) is 10.7. The lowest BCUT2D eigenvalue weighted by atomic mass is 10.2. The van der Waals surface area contributed by atoms with E-state index in [1.54, 1.807) is 54.6 Å². The predicted molar refractivity (Wildman–Crippen MR) is 135 cm³/mol. The van der Waals surface area contributed by atoms with Gasteiger partial charge >= 0.3 is 5.97 Å². The molecule has 3 aromatic rings. The van der Waals surface area contributed by atoms with Crippen molar-refractivity contribution in [1.82, 2.24) is 4.90 Å². The molecule has 0 bridgehead atoms. The van der Waals surface area contributed by atoms with E-state index in [0.717, 1.165) is 21.8 Å². The monoisotopic (exact) mass is 537 g/mol. The number of carbonyl (C=O) groups excluding carboxylic acids is 3. The van der Waals surface area contributed by atoms with E-state index < -0.39 is 5.97 Å². The lowest BCUT2D eigenvalue weighted by Crippen LogP contribution is -2.32. The van der Waals surface area contributed by atoms with Crippen molar-refractivity contribution in [1.29, 1.82) is 0 Å². The van der Waals surface area contributed by atoms with E-state index in [9.17, 15) is 14.4 Å². The summed E-state index contributed by atoms with van der Waals surface area (Å²) in [4.78, 5) is 38.8. The number of ether oxygens (including phenoxy) is 2. The number of nitrogens with zero attached hydrogens (tertiary/aromatic N) is 1. The molecular weight excluding hydrogens is 518 g/mol. The normalized spacial score (nSPS) is 14.5. The number of hydrogen-bond donors (Lipinski definition) is 0. The Morgan fingerprint density at radius 3 is 2.26 bits per heavy atom. The van der Waals surface area contributed by atoms with Gasteiger partial charge in [0, 0.05) is 4.47 Å². The van der Waals surface area contributed by atoms with Crippen molar-refractivity contribution in [3.8, 4) is 11.5 Å². The number of halogens is 1. The Labute approximate surface area is 209 Å². The number of imide groups is 1. The molecule has 6 nitrogen and oxygen atoms in total. The number of amides is 2. The van der Waals surface area contributed by atoms with Crippen molar-refractivity contribution >= 4 is 50.9 Å². The zero-order valence-corrected chi connectivity index (χ0v) is 20.6. The summed E-state index contributed by atoms with van der Waals surface area (Å²) in [6.07, 6.45) is 1.64. The van der Waals surface area contributed by atoms with Crippen molar-refractivity contribution in [2.75, 3.05) is 13.2 Å². The highest BCUT2D eigenvalue weighted by molar-refractivity contribution is 9.10. The molecule has 3 aromatic carbocycles. The standard InChI is InChI=1S/C26H20BrNO5S/c1-17-2-10-21(11-3-17)32-15-14-28-24(29)23(34-26(28)31)16-18-4-12-22(13-5-18)33-25(30)19-6-8-20(27)9-7-19/h2-13,16H,14-15H2,1H3/b23-16-. The number of benzene rings is 3. The van der Waals surface area contributed by atoms with E-state index in [2.05, 4.69) is 15.9 Å². The molecule has 0 N–H and O–H groups in total. The van der Waals surface area contributed by atoms with Crippen LogP contribution in [0, 0.1) is 6.92 Å². The summed E-state index contributed by atoms with van der Waals surface area (Å²) >= 11 is 4.22. The smallest absolute Gasteiger partial charge is 0.343 e. The van der Waals surface area contributed by atoms with E-state index in [4.69, 9.17) is 9.47 Å². The molecule has 4 rings (SSSR count). The van der Waals surface area contributed by atoms with Gasteiger partial charge in [0.05, 0.1) is 17.0 Å². The van der Waals surface area contributed by atoms with E-state index in [0.29, 0.717) is 27.5 Å². The van der Waals surface area contributed by atoms with Crippen LogP contribution < -0.4 is 9.47 Å². The van der Waals surface area contributed by atoms with Crippen LogP contribution in [0.3, 0.4) is 0 Å². The van der Waals surface area contributed by atoms with Gasteiger partial charge in [-0.05, 0) is 78.9 Å². The molecule has 172 valence electrons. The molecule has 1 aliphatic heterocycles. The van der Waals surface area contributed by atoms with Crippen LogP contribution in [0.15, 0.2) is 82.2 Å². The minimum absolute atomic E-state index is 0.167. The quantitative estimate of drug-likeness (QED) is 0.206. The first-order chi connectivity index (χ1) is 16.4. The van der Waals surface area contributed by atoms with Crippen LogP contribution in [0.25, 0.3) is 6.08 Å². The molecule has 0 saturated carbocycles. The van der Waals surface area contributed by atoms with Gasteiger partial charge in [0.15, 0.2) is 0 Å². The predicted octanol–water partition coefficient (Wildman–Crippen LogP) is 6.09. The number of aryl methyl sites for hydroxylation is 1. The summed E-state index contributed by atoms with van der Waals surface area (Å²) in [5.74, 6) is 0.253. The highest BCUT2D eigenvalue weighted by Crippen LogP contribution is 2.32. The van der Waals surface area contributed by atoms with Gasteiger partial charge in [0.1, 0.15) is 18.1 Å². The first-order valence-corrected chi connectivity index (χ1v) is 12.0. The first kappa shape index (κ1) is 23.8. The minimum atomic E-state index is -0.464. The van der Waals surface area contributed by atoms with Gasteiger partial charge in [-0.25, -0.2) is 4.79 Å². The zero-order chi connectivity index (χ0) is 24.1. The highest BCUT2D eigenvalue weighted by atomic mass is 79.9. The lowest BCUT2D eigenvalue weighted by molar-refractivity contribution is -0.123. The van der Waals surface area contributed by atoms with Crippen molar-refractivity contribution in [3.63, 3.8) is 0 Å². The van der Waals surface area contributed by atoms with Crippen LogP contribution in [-0.2, 0) is 4.79 Å². The molecule has 1 heterocycles. The van der Waals surface area contributed by atoms with Gasteiger partial charge < -0.3 is 9.47 Å². The fourth-order valence-corrected chi connectivity index (χ4v) is 4.25.